The fourth-order valence-electron chi connectivity index (χ4n) is 2.32. The van der Waals surface area contributed by atoms with Crippen LogP contribution in [0.25, 0.3) is 11.0 Å². The highest BCUT2D eigenvalue weighted by atomic mass is 35.5. The standard InChI is InChI=1S/C14H16Cl2N2O2S/c1-7(2)4-12(13(19)20-3)18-11-6-9(16)8(15)5-10(11)17-14(18)21/h5-7,12H,4H2,1-3H3,(H,17,21). The minimum absolute atomic E-state index is 0.309. The molecule has 0 saturated carbocycles. The maximum absolute atomic E-state index is 12.1. The van der Waals surface area contributed by atoms with E-state index in [1.54, 1.807) is 16.7 Å². The minimum atomic E-state index is -0.492. The quantitative estimate of drug-likeness (QED) is 0.640. The zero-order valence-electron chi connectivity index (χ0n) is 11.9. The molecule has 1 aromatic carbocycles. The van der Waals surface area contributed by atoms with Crippen LogP contribution < -0.4 is 0 Å². The van der Waals surface area contributed by atoms with Crippen LogP contribution in [0.3, 0.4) is 0 Å². The molecule has 4 nitrogen and oxygen atoms in total. The molecule has 2 aromatic rings. The van der Waals surface area contributed by atoms with Crippen LogP contribution in [0.5, 0.6) is 0 Å². The van der Waals surface area contributed by atoms with Gasteiger partial charge in [0.15, 0.2) is 4.77 Å². The van der Waals surface area contributed by atoms with Crippen LogP contribution in [0.1, 0.15) is 26.3 Å². The molecule has 0 aliphatic heterocycles. The first-order valence-corrected chi connectivity index (χ1v) is 7.68. The van der Waals surface area contributed by atoms with E-state index in [1.807, 2.05) is 13.8 Å². The van der Waals surface area contributed by atoms with Gasteiger partial charge in [-0.25, -0.2) is 4.79 Å². The number of aromatic amines is 1. The molecular weight excluding hydrogens is 331 g/mol. The van der Waals surface area contributed by atoms with Crippen molar-refractivity contribution in [3.63, 3.8) is 0 Å². The molecule has 0 amide bonds. The Bertz CT molecular complexity index is 736. The third-order valence-electron chi connectivity index (χ3n) is 3.24. The smallest absolute Gasteiger partial charge is 0.328 e. The van der Waals surface area contributed by atoms with E-state index < -0.39 is 6.04 Å². The monoisotopic (exact) mass is 346 g/mol. The summed E-state index contributed by atoms with van der Waals surface area (Å²) in [7, 11) is 1.37. The lowest BCUT2D eigenvalue weighted by atomic mass is 10.0. The summed E-state index contributed by atoms with van der Waals surface area (Å²) in [5.41, 5.74) is 1.48. The summed E-state index contributed by atoms with van der Waals surface area (Å²) in [6.07, 6.45) is 0.619. The molecule has 2 rings (SSSR count). The molecular formula is C14H16Cl2N2O2S. The average Bonchev–Trinajstić information content (AvgIpc) is 2.71. The van der Waals surface area contributed by atoms with E-state index in [-0.39, 0.29) is 5.97 Å². The van der Waals surface area contributed by atoms with Gasteiger partial charge in [0.05, 0.1) is 28.2 Å². The van der Waals surface area contributed by atoms with E-state index in [9.17, 15) is 4.79 Å². The average molecular weight is 347 g/mol. The van der Waals surface area contributed by atoms with E-state index >= 15 is 0 Å². The van der Waals surface area contributed by atoms with Crippen LogP contribution in [0, 0.1) is 10.7 Å². The van der Waals surface area contributed by atoms with Crippen LogP contribution in [0.4, 0.5) is 0 Å². The summed E-state index contributed by atoms with van der Waals surface area (Å²) >= 11 is 17.4. The zero-order valence-corrected chi connectivity index (χ0v) is 14.3. The van der Waals surface area contributed by atoms with Gasteiger partial charge in [0, 0.05) is 0 Å². The fourth-order valence-corrected chi connectivity index (χ4v) is 2.98. The van der Waals surface area contributed by atoms with Crippen LogP contribution in [-0.2, 0) is 9.53 Å². The number of methoxy groups -OCH3 is 1. The van der Waals surface area contributed by atoms with Crippen molar-refractivity contribution in [1.29, 1.82) is 0 Å². The molecule has 0 radical (unpaired) electrons. The van der Waals surface area contributed by atoms with Gasteiger partial charge in [-0.3, -0.25) is 0 Å². The van der Waals surface area contributed by atoms with Crippen molar-refractivity contribution in [1.82, 2.24) is 9.55 Å². The third kappa shape index (κ3) is 3.25. The third-order valence-corrected chi connectivity index (χ3v) is 4.26. The fraction of sp³-hybridized carbons (Fsp3) is 0.429. The lowest BCUT2D eigenvalue weighted by molar-refractivity contribution is -0.145. The zero-order chi connectivity index (χ0) is 15.7. The highest BCUT2D eigenvalue weighted by molar-refractivity contribution is 7.71. The van der Waals surface area contributed by atoms with Crippen molar-refractivity contribution in [2.24, 2.45) is 5.92 Å². The van der Waals surface area contributed by atoms with Crippen LogP contribution in [-0.4, -0.2) is 22.6 Å². The molecule has 0 aliphatic rings. The van der Waals surface area contributed by atoms with Gasteiger partial charge in [0.1, 0.15) is 6.04 Å². The number of hydrogen-bond acceptors (Lipinski definition) is 3. The first-order valence-electron chi connectivity index (χ1n) is 6.52. The van der Waals surface area contributed by atoms with Crippen molar-refractivity contribution in [3.8, 4) is 0 Å². The van der Waals surface area contributed by atoms with Gasteiger partial charge in [-0.1, -0.05) is 37.0 Å². The summed E-state index contributed by atoms with van der Waals surface area (Å²) in [4.78, 5) is 15.2. The molecule has 0 aliphatic carbocycles. The Hall–Kier alpha value is -1.04. The Labute approximate surface area is 138 Å². The molecule has 21 heavy (non-hydrogen) atoms. The number of nitrogens with zero attached hydrogens (tertiary/aromatic N) is 1. The van der Waals surface area contributed by atoms with Gasteiger partial charge in [0.25, 0.3) is 0 Å². The highest BCUT2D eigenvalue weighted by Crippen LogP contribution is 2.31. The number of fused-ring (bicyclic) bond motifs is 1. The summed E-state index contributed by atoms with van der Waals surface area (Å²) in [5, 5.41) is 0.853. The number of carbonyl (C=O) groups excluding carboxylic acids is 1. The Morgan fingerprint density at radius 3 is 2.57 bits per heavy atom. The molecule has 1 atom stereocenters. The summed E-state index contributed by atoms with van der Waals surface area (Å²) in [6.45, 7) is 4.08. The predicted molar refractivity (Wildman–Crippen MR) is 87.7 cm³/mol. The number of esters is 1. The normalized spacial score (nSPS) is 12.9. The summed E-state index contributed by atoms with van der Waals surface area (Å²) in [6, 6.07) is 2.92. The van der Waals surface area contributed by atoms with Gasteiger partial charge < -0.3 is 14.3 Å². The van der Waals surface area contributed by atoms with Gasteiger partial charge in [-0.2, -0.15) is 0 Å². The second kappa shape index (κ2) is 6.38. The number of nitrogens with one attached hydrogen (secondary N) is 1. The number of rotatable bonds is 4. The molecule has 114 valence electrons. The SMILES string of the molecule is COC(=O)C(CC(C)C)n1c(=S)[nH]c2cc(Cl)c(Cl)cc21. The predicted octanol–water partition coefficient (Wildman–Crippen LogP) is 4.77. The number of imidazole rings is 1. The topological polar surface area (TPSA) is 47.0 Å². The lowest BCUT2D eigenvalue weighted by Gasteiger charge is -2.19. The molecule has 7 heteroatoms. The number of carbonyl (C=O) groups is 1. The maximum Gasteiger partial charge on any atom is 0.328 e. The van der Waals surface area contributed by atoms with Gasteiger partial charge in [0.2, 0.25) is 0 Å². The van der Waals surface area contributed by atoms with E-state index in [0.29, 0.717) is 27.2 Å². The van der Waals surface area contributed by atoms with Crippen molar-refractivity contribution in [2.45, 2.75) is 26.3 Å². The molecule has 1 aromatic heterocycles. The van der Waals surface area contributed by atoms with E-state index in [2.05, 4.69) is 4.98 Å². The minimum Gasteiger partial charge on any atom is -0.467 e. The molecule has 0 spiro atoms. The highest BCUT2D eigenvalue weighted by Gasteiger charge is 2.25. The largest absolute Gasteiger partial charge is 0.467 e. The van der Waals surface area contributed by atoms with E-state index in [4.69, 9.17) is 40.2 Å². The molecule has 0 bridgehead atoms. The van der Waals surface area contributed by atoms with Crippen LogP contribution in [0.2, 0.25) is 10.0 Å². The van der Waals surface area contributed by atoms with Crippen molar-refractivity contribution < 1.29 is 9.53 Å². The number of aromatic nitrogens is 2. The number of H-pyrrole nitrogens is 1. The first-order chi connectivity index (χ1) is 9.85. The van der Waals surface area contributed by atoms with E-state index in [1.165, 1.54) is 7.11 Å². The number of hydrogen-bond donors (Lipinski definition) is 1. The van der Waals surface area contributed by atoms with Gasteiger partial charge in [-0.05, 0) is 36.7 Å². The summed E-state index contributed by atoms with van der Waals surface area (Å²) in [5.74, 6) is -0.0181. The summed E-state index contributed by atoms with van der Waals surface area (Å²) < 4.78 is 7.11. The molecule has 1 heterocycles. The number of ether oxygens (including phenoxy) is 1. The van der Waals surface area contributed by atoms with Crippen LogP contribution in [0.15, 0.2) is 12.1 Å². The molecule has 1 N–H and O–H groups in total. The van der Waals surface area contributed by atoms with Crippen molar-refractivity contribution >= 4 is 52.4 Å². The van der Waals surface area contributed by atoms with Gasteiger partial charge in [-0.15, -0.1) is 0 Å². The maximum atomic E-state index is 12.1. The lowest BCUT2D eigenvalue weighted by Crippen LogP contribution is -2.22. The molecule has 0 fully saturated rings. The second-order valence-corrected chi connectivity index (χ2v) is 6.45. The Balaban J connectivity index is 2.67. The van der Waals surface area contributed by atoms with Crippen LogP contribution >= 0.6 is 35.4 Å². The number of halogens is 2. The first kappa shape index (κ1) is 16.3. The Morgan fingerprint density at radius 2 is 2.00 bits per heavy atom. The van der Waals surface area contributed by atoms with Crippen molar-refractivity contribution in [2.75, 3.05) is 7.11 Å². The number of benzene rings is 1. The Kier molecular flexibility index (Phi) is 4.96. The van der Waals surface area contributed by atoms with Gasteiger partial charge >= 0.3 is 5.97 Å². The van der Waals surface area contributed by atoms with E-state index in [0.717, 1.165) is 11.0 Å². The van der Waals surface area contributed by atoms with Crippen molar-refractivity contribution in [3.05, 3.63) is 26.9 Å². The Morgan fingerprint density at radius 1 is 1.38 bits per heavy atom. The second-order valence-electron chi connectivity index (χ2n) is 5.25. The molecule has 1 unspecified atom stereocenters. The molecule has 0 saturated heterocycles.